The number of nitrogens with zero attached hydrogens (tertiary/aromatic N) is 3. The number of hydrogen-bond donors (Lipinski definition) is 0. The molecule has 29 heavy (non-hydrogen) atoms. The third-order valence-electron chi connectivity index (χ3n) is 4.43. The number of esters is 1. The van der Waals surface area contributed by atoms with Crippen molar-refractivity contribution in [3.05, 3.63) is 70.8 Å². The fourth-order valence-corrected chi connectivity index (χ4v) is 2.89. The molecule has 1 aliphatic rings. The number of benzene rings is 1. The van der Waals surface area contributed by atoms with Crippen LogP contribution in [-0.4, -0.2) is 32.8 Å². The van der Waals surface area contributed by atoms with E-state index < -0.39 is 17.8 Å². The van der Waals surface area contributed by atoms with E-state index in [2.05, 4.69) is 10.1 Å². The SMILES string of the molecule is CC(C)c1noc(COC(=O)c2ccc3c(c2)C(=O)N(Cc2ccco2)C3=O)n1. The number of amides is 2. The van der Waals surface area contributed by atoms with Crippen molar-refractivity contribution in [1.29, 1.82) is 0 Å². The first-order valence-electron chi connectivity index (χ1n) is 8.96. The van der Waals surface area contributed by atoms with E-state index in [0.29, 0.717) is 11.6 Å². The number of fused-ring (bicyclic) bond motifs is 1. The maximum Gasteiger partial charge on any atom is 0.338 e. The molecular formula is C20H17N3O6. The minimum atomic E-state index is -0.665. The first-order valence-corrected chi connectivity index (χ1v) is 8.96. The quantitative estimate of drug-likeness (QED) is 0.462. The average Bonchev–Trinajstić information content (AvgIpc) is 3.44. The molecule has 0 N–H and O–H groups in total. The van der Waals surface area contributed by atoms with Crippen molar-refractivity contribution in [1.82, 2.24) is 15.0 Å². The molecule has 0 aliphatic carbocycles. The normalized spacial score (nSPS) is 13.3. The van der Waals surface area contributed by atoms with Crippen LogP contribution in [0.15, 0.2) is 45.5 Å². The predicted octanol–water partition coefficient (Wildman–Crippen LogP) is 2.94. The molecule has 0 saturated heterocycles. The lowest BCUT2D eigenvalue weighted by molar-refractivity contribution is 0.0429. The van der Waals surface area contributed by atoms with E-state index in [4.69, 9.17) is 13.7 Å². The lowest BCUT2D eigenvalue weighted by atomic mass is 10.1. The largest absolute Gasteiger partial charge is 0.467 e. The van der Waals surface area contributed by atoms with Crippen LogP contribution in [0.5, 0.6) is 0 Å². The lowest BCUT2D eigenvalue weighted by Gasteiger charge is -2.11. The van der Waals surface area contributed by atoms with Crippen LogP contribution in [0, 0.1) is 0 Å². The van der Waals surface area contributed by atoms with Crippen molar-refractivity contribution >= 4 is 17.8 Å². The number of ether oxygens (including phenoxy) is 1. The highest BCUT2D eigenvalue weighted by Gasteiger charge is 2.36. The maximum absolute atomic E-state index is 12.6. The number of imide groups is 1. The van der Waals surface area contributed by atoms with Crippen LogP contribution >= 0.6 is 0 Å². The van der Waals surface area contributed by atoms with Crippen molar-refractivity contribution in [2.24, 2.45) is 0 Å². The Hall–Kier alpha value is -3.75. The molecule has 148 valence electrons. The van der Waals surface area contributed by atoms with E-state index in [-0.39, 0.29) is 41.7 Å². The Morgan fingerprint density at radius 3 is 2.66 bits per heavy atom. The average molecular weight is 395 g/mol. The number of furan rings is 1. The number of carbonyl (C=O) groups is 3. The summed E-state index contributed by atoms with van der Waals surface area (Å²) < 4.78 is 15.4. The Morgan fingerprint density at radius 1 is 1.17 bits per heavy atom. The molecule has 0 bridgehead atoms. The zero-order valence-electron chi connectivity index (χ0n) is 15.7. The molecular weight excluding hydrogens is 378 g/mol. The van der Waals surface area contributed by atoms with Gasteiger partial charge in [-0.1, -0.05) is 19.0 Å². The third kappa shape index (κ3) is 3.54. The summed E-state index contributed by atoms with van der Waals surface area (Å²) >= 11 is 0. The van der Waals surface area contributed by atoms with Crippen LogP contribution in [0.4, 0.5) is 0 Å². The summed E-state index contributed by atoms with van der Waals surface area (Å²) in [6.07, 6.45) is 1.47. The fourth-order valence-electron chi connectivity index (χ4n) is 2.89. The molecule has 3 aromatic rings. The molecule has 3 heterocycles. The van der Waals surface area contributed by atoms with E-state index in [1.165, 1.54) is 24.5 Å². The van der Waals surface area contributed by atoms with Gasteiger partial charge < -0.3 is 13.7 Å². The van der Waals surface area contributed by atoms with Gasteiger partial charge >= 0.3 is 5.97 Å². The molecule has 0 fully saturated rings. The zero-order valence-corrected chi connectivity index (χ0v) is 15.7. The van der Waals surface area contributed by atoms with Gasteiger partial charge in [0.25, 0.3) is 17.7 Å². The number of aromatic nitrogens is 2. The van der Waals surface area contributed by atoms with Crippen molar-refractivity contribution in [3.8, 4) is 0 Å². The number of hydrogen-bond acceptors (Lipinski definition) is 8. The van der Waals surface area contributed by atoms with Crippen LogP contribution in [0.25, 0.3) is 0 Å². The van der Waals surface area contributed by atoms with E-state index in [1.807, 2.05) is 13.8 Å². The predicted molar refractivity (Wildman–Crippen MR) is 96.9 cm³/mol. The van der Waals surface area contributed by atoms with Gasteiger partial charge in [-0.3, -0.25) is 14.5 Å². The van der Waals surface area contributed by atoms with Crippen LogP contribution < -0.4 is 0 Å². The van der Waals surface area contributed by atoms with Crippen molar-refractivity contribution < 1.29 is 28.1 Å². The molecule has 0 unspecified atom stereocenters. The smallest absolute Gasteiger partial charge is 0.338 e. The van der Waals surface area contributed by atoms with Crippen molar-refractivity contribution in [2.75, 3.05) is 0 Å². The molecule has 0 saturated carbocycles. The molecule has 9 nitrogen and oxygen atoms in total. The maximum atomic E-state index is 12.6. The summed E-state index contributed by atoms with van der Waals surface area (Å²) in [6, 6.07) is 7.59. The van der Waals surface area contributed by atoms with Gasteiger partial charge in [0.2, 0.25) is 0 Å². The standard InChI is InChI=1S/C20H17N3O6/c1-11(2)17-21-16(29-22-17)10-28-20(26)12-5-6-14-15(8-12)19(25)23(18(14)24)9-13-4-3-7-27-13/h3-8,11H,9-10H2,1-2H3. The first-order chi connectivity index (χ1) is 13.9. The second-order valence-corrected chi connectivity index (χ2v) is 6.81. The van der Waals surface area contributed by atoms with E-state index >= 15 is 0 Å². The van der Waals surface area contributed by atoms with Gasteiger partial charge in [0.1, 0.15) is 5.76 Å². The molecule has 1 aromatic carbocycles. The Bertz CT molecular complexity index is 1080. The molecule has 0 spiro atoms. The van der Waals surface area contributed by atoms with Gasteiger partial charge in [0.05, 0.1) is 29.5 Å². The van der Waals surface area contributed by atoms with E-state index in [0.717, 1.165) is 4.90 Å². The fraction of sp³-hybridized carbons (Fsp3) is 0.250. The van der Waals surface area contributed by atoms with Crippen LogP contribution in [-0.2, 0) is 17.9 Å². The third-order valence-corrected chi connectivity index (χ3v) is 4.43. The monoisotopic (exact) mass is 395 g/mol. The highest BCUT2D eigenvalue weighted by molar-refractivity contribution is 6.21. The molecule has 2 aromatic heterocycles. The molecule has 0 atom stereocenters. The molecule has 1 aliphatic heterocycles. The molecule has 9 heteroatoms. The first kappa shape index (κ1) is 18.6. The van der Waals surface area contributed by atoms with Gasteiger partial charge in [-0.05, 0) is 30.3 Å². The van der Waals surface area contributed by atoms with E-state index in [1.54, 1.807) is 12.1 Å². The molecule has 2 amide bonds. The summed E-state index contributed by atoms with van der Waals surface area (Å²) in [4.78, 5) is 42.7. The highest BCUT2D eigenvalue weighted by Crippen LogP contribution is 2.26. The van der Waals surface area contributed by atoms with Gasteiger partial charge in [-0.2, -0.15) is 4.98 Å². The number of rotatable bonds is 6. The number of carbonyl (C=O) groups excluding carboxylic acids is 3. The highest BCUT2D eigenvalue weighted by atomic mass is 16.6. The minimum absolute atomic E-state index is 0.0223. The van der Waals surface area contributed by atoms with Crippen LogP contribution in [0.1, 0.15) is 68.3 Å². The van der Waals surface area contributed by atoms with Gasteiger partial charge in [0, 0.05) is 5.92 Å². The summed E-state index contributed by atoms with van der Waals surface area (Å²) in [5, 5.41) is 3.80. The Morgan fingerprint density at radius 2 is 1.97 bits per heavy atom. The van der Waals surface area contributed by atoms with Crippen LogP contribution in [0.3, 0.4) is 0 Å². The molecule has 0 radical (unpaired) electrons. The van der Waals surface area contributed by atoms with Gasteiger partial charge in [-0.15, -0.1) is 0 Å². The summed E-state index contributed by atoms with van der Waals surface area (Å²) in [5.74, 6) is -0.315. The molecule has 4 rings (SSSR count). The Kier molecular flexibility index (Phi) is 4.71. The summed E-state index contributed by atoms with van der Waals surface area (Å²) in [5.41, 5.74) is 0.529. The van der Waals surface area contributed by atoms with Crippen molar-refractivity contribution in [2.45, 2.75) is 32.9 Å². The van der Waals surface area contributed by atoms with Gasteiger partial charge in [-0.25, -0.2) is 4.79 Å². The summed E-state index contributed by atoms with van der Waals surface area (Å²) in [6.45, 7) is 3.67. The minimum Gasteiger partial charge on any atom is -0.467 e. The van der Waals surface area contributed by atoms with Crippen molar-refractivity contribution in [3.63, 3.8) is 0 Å². The van der Waals surface area contributed by atoms with E-state index in [9.17, 15) is 14.4 Å². The topological polar surface area (TPSA) is 116 Å². The second kappa shape index (κ2) is 7.34. The zero-order chi connectivity index (χ0) is 20.5. The lowest BCUT2D eigenvalue weighted by Crippen LogP contribution is -2.28. The van der Waals surface area contributed by atoms with Crippen LogP contribution in [0.2, 0.25) is 0 Å². The Labute approximate surface area is 165 Å². The Balaban J connectivity index is 1.47. The second-order valence-electron chi connectivity index (χ2n) is 6.81. The summed E-state index contributed by atoms with van der Waals surface area (Å²) in [7, 11) is 0. The van der Waals surface area contributed by atoms with Gasteiger partial charge in [0.15, 0.2) is 12.4 Å².